The first-order valence-corrected chi connectivity index (χ1v) is 2.81. The van der Waals surface area contributed by atoms with Gasteiger partial charge in [-0.25, -0.2) is 8.42 Å². The molecule has 6 heteroatoms. The van der Waals surface area contributed by atoms with E-state index in [4.69, 9.17) is 5.11 Å². The lowest BCUT2D eigenvalue weighted by Gasteiger charge is -2.00. The molecule has 0 spiro atoms. The van der Waals surface area contributed by atoms with Gasteiger partial charge < -0.3 is 5.11 Å². The lowest BCUT2D eigenvalue weighted by Crippen LogP contribution is -2.22. The lowest BCUT2D eigenvalue weighted by molar-refractivity contribution is 0.0296. The van der Waals surface area contributed by atoms with Gasteiger partial charge in [0.05, 0.1) is 0 Å². The summed E-state index contributed by atoms with van der Waals surface area (Å²) in [6.45, 7) is -1.65. The van der Waals surface area contributed by atoms with Gasteiger partial charge in [0.25, 0.3) is 0 Å². The smallest absolute Gasteiger partial charge is 0.365 e. The van der Waals surface area contributed by atoms with Crippen molar-refractivity contribution in [2.75, 3.05) is 6.61 Å². The summed E-state index contributed by atoms with van der Waals surface area (Å²) in [6, 6.07) is 0. The highest BCUT2D eigenvalue weighted by atomic mass is 32.2. The third kappa shape index (κ3) is 1.71. The van der Waals surface area contributed by atoms with Gasteiger partial charge in [-0.2, -0.15) is 8.78 Å². The van der Waals surface area contributed by atoms with E-state index in [-0.39, 0.29) is 0 Å². The van der Waals surface area contributed by atoms with Crippen LogP contribution >= 0.6 is 0 Å². The maximum atomic E-state index is 11.4. The number of aliphatic hydroxyl groups excluding tert-OH is 1. The Labute approximate surface area is 45.9 Å². The molecular formula is C2H4F2O3S. The monoisotopic (exact) mass is 146 g/mol. The van der Waals surface area contributed by atoms with E-state index in [0.29, 0.717) is 0 Å². The van der Waals surface area contributed by atoms with Crippen molar-refractivity contribution in [3.63, 3.8) is 0 Å². The SMILES string of the molecule is O=[SH](=O)C(F)(F)CO. The normalized spacial score (nSPS) is 12.5. The van der Waals surface area contributed by atoms with Crippen molar-refractivity contribution in [3.8, 4) is 0 Å². The van der Waals surface area contributed by atoms with Crippen LogP contribution in [0.4, 0.5) is 8.78 Å². The van der Waals surface area contributed by atoms with Crippen molar-refractivity contribution < 1.29 is 22.3 Å². The average molecular weight is 146 g/mol. The molecular weight excluding hydrogens is 142 g/mol. The molecule has 0 saturated carbocycles. The molecule has 0 bridgehead atoms. The Bertz CT molecular complexity index is 132. The number of alkyl halides is 2. The van der Waals surface area contributed by atoms with E-state index in [1.54, 1.807) is 0 Å². The van der Waals surface area contributed by atoms with Crippen LogP contribution in [0.2, 0.25) is 0 Å². The molecule has 0 saturated heterocycles. The number of hydrogen-bond acceptors (Lipinski definition) is 3. The molecule has 0 aromatic heterocycles. The van der Waals surface area contributed by atoms with Crippen LogP contribution in [0.25, 0.3) is 0 Å². The Morgan fingerprint density at radius 1 is 1.50 bits per heavy atom. The Balaban J connectivity index is 4.13. The quantitative estimate of drug-likeness (QED) is 0.500. The molecule has 0 aromatic carbocycles. The zero-order chi connectivity index (χ0) is 6.78. The Morgan fingerprint density at radius 3 is 1.88 bits per heavy atom. The second kappa shape index (κ2) is 2.36. The van der Waals surface area contributed by atoms with Gasteiger partial charge in [0, 0.05) is 0 Å². The molecule has 0 heterocycles. The Morgan fingerprint density at radius 2 is 1.88 bits per heavy atom. The molecule has 0 aliphatic heterocycles. The highest BCUT2D eigenvalue weighted by Gasteiger charge is 2.31. The van der Waals surface area contributed by atoms with E-state index < -0.39 is 22.6 Å². The van der Waals surface area contributed by atoms with Gasteiger partial charge in [0.2, 0.25) is 10.7 Å². The zero-order valence-electron chi connectivity index (χ0n) is 3.67. The van der Waals surface area contributed by atoms with Crippen LogP contribution in [0.1, 0.15) is 0 Å². The van der Waals surface area contributed by atoms with Crippen molar-refractivity contribution >= 4 is 10.7 Å². The van der Waals surface area contributed by atoms with Gasteiger partial charge in [0.15, 0.2) is 0 Å². The highest BCUT2D eigenvalue weighted by Crippen LogP contribution is 2.11. The molecule has 0 fully saturated rings. The number of halogens is 2. The summed E-state index contributed by atoms with van der Waals surface area (Å²) >= 11 is 0. The van der Waals surface area contributed by atoms with Crippen LogP contribution in [0, 0.1) is 0 Å². The zero-order valence-corrected chi connectivity index (χ0v) is 4.57. The fraction of sp³-hybridized carbons (Fsp3) is 1.00. The Kier molecular flexibility index (Phi) is 2.29. The first kappa shape index (κ1) is 7.77. The summed E-state index contributed by atoms with van der Waals surface area (Å²) in [7, 11) is -3.83. The van der Waals surface area contributed by atoms with Crippen LogP contribution in [-0.4, -0.2) is 25.4 Å². The van der Waals surface area contributed by atoms with Crippen molar-refractivity contribution in [1.29, 1.82) is 0 Å². The molecule has 3 nitrogen and oxygen atoms in total. The van der Waals surface area contributed by atoms with Gasteiger partial charge in [-0.1, -0.05) is 0 Å². The lowest BCUT2D eigenvalue weighted by atomic mass is 10.8. The summed E-state index contributed by atoms with van der Waals surface area (Å²) in [5.41, 5.74) is 0. The van der Waals surface area contributed by atoms with Crippen LogP contribution in [-0.2, 0) is 10.7 Å². The minimum Gasteiger partial charge on any atom is -0.389 e. The molecule has 1 N–H and O–H groups in total. The third-order valence-corrected chi connectivity index (χ3v) is 1.13. The minimum atomic E-state index is -3.95. The topological polar surface area (TPSA) is 54.4 Å². The van der Waals surface area contributed by atoms with Gasteiger partial charge in [0.1, 0.15) is 6.61 Å². The molecule has 0 aromatic rings. The van der Waals surface area contributed by atoms with E-state index in [2.05, 4.69) is 0 Å². The van der Waals surface area contributed by atoms with Crippen LogP contribution in [0.5, 0.6) is 0 Å². The van der Waals surface area contributed by atoms with Gasteiger partial charge in [-0.05, 0) is 0 Å². The van der Waals surface area contributed by atoms with E-state index in [9.17, 15) is 17.2 Å². The standard InChI is InChI=1S/C2H4F2O3S/c3-2(4,1-5)8(6)7/h5,8H,1H2. The molecule has 0 radical (unpaired) electrons. The second-order valence-corrected chi connectivity index (χ2v) is 2.25. The molecule has 0 amide bonds. The van der Waals surface area contributed by atoms with Crippen molar-refractivity contribution in [2.24, 2.45) is 0 Å². The predicted octanol–water partition coefficient (Wildman–Crippen LogP) is -0.817. The molecule has 8 heavy (non-hydrogen) atoms. The van der Waals surface area contributed by atoms with E-state index >= 15 is 0 Å². The van der Waals surface area contributed by atoms with Crippen LogP contribution in [0.15, 0.2) is 0 Å². The number of rotatable bonds is 2. The highest BCUT2D eigenvalue weighted by molar-refractivity contribution is 7.73. The summed E-state index contributed by atoms with van der Waals surface area (Å²) < 4.78 is 41.6. The first-order valence-electron chi connectivity index (χ1n) is 1.64. The van der Waals surface area contributed by atoms with Crippen molar-refractivity contribution in [3.05, 3.63) is 0 Å². The molecule has 0 aliphatic rings. The number of hydrogen-bond donors (Lipinski definition) is 2. The fourth-order valence-corrected chi connectivity index (χ4v) is 0.173. The maximum Gasteiger partial charge on any atom is 0.365 e. The summed E-state index contributed by atoms with van der Waals surface area (Å²) in [6.07, 6.45) is 0. The number of thiol groups is 1. The van der Waals surface area contributed by atoms with Crippen molar-refractivity contribution in [1.82, 2.24) is 0 Å². The van der Waals surface area contributed by atoms with E-state index in [1.165, 1.54) is 0 Å². The largest absolute Gasteiger partial charge is 0.389 e. The second-order valence-electron chi connectivity index (χ2n) is 1.08. The Hall–Kier alpha value is -0.230. The molecule has 0 unspecified atom stereocenters. The third-order valence-electron chi connectivity index (χ3n) is 0.457. The van der Waals surface area contributed by atoms with Crippen LogP contribution < -0.4 is 0 Å². The fourth-order valence-electron chi connectivity index (χ4n) is 0.0577. The molecule has 0 rings (SSSR count). The summed E-state index contributed by atoms with van der Waals surface area (Å²) in [5, 5.41) is 3.68. The average Bonchev–Trinajstić information content (AvgIpc) is 1.67. The molecule has 0 aliphatic carbocycles. The summed E-state index contributed by atoms with van der Waals surface area (Å²) in [5.74, 6) is 0. The first-order chi connectivity index (χ1) is 3.50. The maximum absolute atomic E-state index is 11.4. The molecule has 0 atom stereocenters. The summed E-state index contributed by atoms with van der Waals surface area (Å²) in [4.78, 5) is 0. The van der Waals surface area contributed by atoms with Crippen molar-refractivity contribution in [2.45, 2.75) is 5.25 Å². The van der Waals surface area contributed by atoms with E-state index in [1.807, 2.05) is 0 Å². The molecule has 50 valence electrons. The predicted molar refractivity (Wildman–Crippen MR) is 22.3 cm³/mol. The number of aliphatic hydroxyl groups is 1. The van der Waals surface area contributed by atoms with Gasteiger partial charge in [-0.3, -0.25) is 0 Å². The van der Waals surface area contributed by atoms with Gasteiger partial charge >= 0.3 is 5.25 Å². The van der Waals surface area contributed by atoms with Gasteiger partial charge in [-0.15, -0.1) is 0 Å². The minimum absolute atomic E-state index is 1.65. The van der Waals surface area contributed by atoms with Crippen LogP contribution in [0.3, 0.4) is 0 Å². The van der Waals surface area contributed by atoms with E-state index in [0.717, 1.165) is 0 Å².